The number of carbonyl (C=O) groups is 1. The van der Waals surface area contributed by atoms with Gasteiger partial charge in [0, 0.05) is 17.2 Å². The molecule has 0 aliphatic heterocycles. The van der Waals surface area contributed by atoms with Gasteiger partial charge in [-0.3, -0.25) is 4.79 Å². The largest absolute Gasteiger partial charge is 0.508 e. The number of carbonyl (C=O) groups excluding carboxylic acids is 1. The van der Waals surface area contributed by atoms with E-state index in [-0.39, 0.29) is 5.75 Å². The highest BCUT2D eigenvalue weighted by Crippen LogP contribution is 2.33. The van der Waals surface area contributed by atoms with E-state index in [1.54, 1.807) is 12.1 Å². The van der Waals surface area contributed by atoms with E-state index in [0.29, 0.717) is 28.4 Å². The van der Waals surface area contributed by atoms with Crippen LogP contribution in [0.1, 0.15) is 15.9 Å². The van der Waals surface area contributed by atoms with Gasteiger partial charge in [0.2, 0.25) is 0 Å². The molecular formula is C17H18N2O5. The Hall–Kier alpha value is -3.22. The molecule has 2 aromatic rings. The third kappa shape index (κ3) is 3.95. The number of rotatable bonds is 6. The van der Waals surface area contributed by atoms with E-state index < -0.39 is 5.91 Å². The number of hydrazone groups is 1. The molecule has 0 unspecified atom stereocenters. The molecule has 7 heteroatoms. The van der Waals surface area contributed by atoms with Crippen LogP contribution < -0.4 is 19.6 Å². The average Bonchev–Trinajstić information content (AvgIpc) is 2.61. The maximum Gasteiger partial charge on any atom is 0.271 e. The van der Waals surface area contributed by atoms with E-state index in [2.05, 4.69) is 10.5 Å². The molecule has 2 rings (SSSR count). The highest BCUT2D eigenvalue weighted by Gasteiger charge is 2.10. The number of hydrogen-bond donors (Lipinski definition) is 2. The van der Waals surface area contributed by atoms with Crippen LogP contribution in [0.15, 0.2) is 41.5 Å². The summed E-state index contributed by atoms with van der Waals surface area (Å²) >= 11 is 0. The molecule has 0 fully saturated rings. The number of benzene rings is 2. The molecule has 0 saturated carbocycles. The molecule has 126 valence electrons. The van der Waals surface area contributed by atoms with Gasteiger partial charge < -0.3 is 19.3 Å². The molecule has 0 aromatic heterocycles. The Labute approximate surface area is 139 Å². The Morgan fingerprint density at radius 2 is 1.58 bits per heavy atom. The van der Waals surface area contributed by atoms with Crippen LogP contribution in [0.25, 0.3) is 0 Å². The van der Waals surface area contributed by atoms with Crippen molar-refractivity contribution in [2.75, 3.05) is 21.3 Å². The molecule has 0 saturated heterocycles. The molecule has 1 amide bonds. The topological polar surface area (TPSA) is 89.4 Å². The smallest absolute Gasteiger partial charge is 0.271 e. The van der Waals surface area contributed by atoms with Crippen molar-refractivity contribution in [2.45, 2.75) is 0 Å². The lowest BCUT2D eigenvalue weighted by Gasteiger charge is -2.11. The quantitative estimate of drug-likeness (QED) is 0.626. The van der Waals surface area contributed by atoms with Crippen LogP contribution >= 0.6 is 0 Å². The van der Waals surface area contributed by atoms with Crippen LogP contribution in [0.5, 0.6) is 23.0 Å². The van der Waals surface area contributed by atoms with Crippen molar-refractivity contribution in [1.29, 1.82) is 0 Å². The lowest BCUT2D eigenvalue weighted by molar-refractivity contribution is 0.0955. The standard InChI is InChI=1S/C17H18N2O5/c1-22-14-9-16(24-3)15(23-2)8-12(14)10-18-19-17(21)11-4-6-13(20)7-5-11/h4-10,20H,1-3H3,(H,19,21). The highest BCUT2D eigenvalue weighted by molar-refractivity contribution is 5.95. The van der Waals surface area contributed by atoms with Crippen molar-refractivity contribution in [1.82, 2.24) is 5.43 Å². The Morgan fingerprint density at radius 1 is 1.00 bits per heavy atom. The van der Waals surface area contributed by atoms with E-state index in [9.17, 15) is 9.90 Å². The molecule has 2 aromatic carbocycles. The number of nitrogens with zero attached hydrogens (tertiary/aromatic N) is 1. The Bertz CT molecular complexity index is 741. The normalized spacial score (nSPS) is 10.5. The zero-order chi connectivity index (χ0) is 17.5. The molecule has 0 aliphatic carbocycles. The summed E-state index contributed by atoms with van der Waals surface area (Å²) in [6.07, 6.45) is 1.44. The number of aromatic hydroxyl groups is 1. The van der Waals surface area contributed by atoms with Gasteiger partial charge in [0.1, 0.15) is 11.5 Å². The van der Waals surface area contributed by atoms with Crippen molar-refractivity contribution >= 4 is 12.1 Å². The third-order valence-corrected chi connectivity index (χ3v) is 3.24. The molecule has 0 radical (unpaired) electrons. The number of amides is 1. The highest BCUT2D eigenvalue weighted by atomic mass is 16.5. The first-order chi connectivity index (χ1) is 11.6. The minimum atomic E-state index is -0.398. The molecular weight excluding hydrogens is 312 g/mol. The van der Waals surface area contributed by atoms with Crippen molar-refractivity contribution in [3.8, 4) is 23.0 Å². The summed E-state index contributed by atoms with van der Waals surface area (Å²) < 4.78 is 15.7. The summed E-state index contributed by atoms with van der Waals surface area (Å²) in [5.41, 5.74) is 3.40. The van der Waals surface area contributed by atoms with Crippen molar-refractivity contribution in [3.05, 3.63) is 47.5 Å². The molecule has 7 nitrogen and oxygen atoms in total. The Kier molecular flexibility index (Phi) is 5.62. The first-order valence-corrected chi connectivity index (χ1v) is 7.01. The van der Waals surface area contributed by atoms with Gasteiger partial charge >= 0.3 is 0 Å². The van der Waals surface area contributed by atoms with Gasteiger partial charge in [0.15, 0.2) is 11.5 Å². The number of phenols is 1. The van der Waals surface area contributed by atoms with Gasteiger partial charge in [0.05, 0.1) is 27.5 Å². The summed E-state index contributed by atoms with van der Waals surface area (Å²) in [5.74, 6) is 1.26. The minimum Gasteiger partial charge on any atom is -0.508 e. The van der Waals surface area contributed by atoms with Crippen molar-refractivity contribution < 1.29 is 24.1 Å². The summed E-state index contributed by atoms with van der Waals surface area (Å²) in [4.78, 5) is 11.9. The van der Waals surface area contributed by atoms with Gasteiger partial charge in [-0.15, -0.1) is 0 Å². The van der Waals surface area contributed by atoms with Crippen molar-refractivity contribution in [3.63, 3.8) is 0 Å². The molecule has 0 bridgehead atoms. The van der Waals surface area contributed by atoms with E-state index in [0.717, 1.165) is 0 Å². The van der Waals surface area contributed by atoms with Crippen LogP contribution in [0.2, 0.25) is 0 Å². The van der Waals surface area contributed by atoms with Gasteiger partial charge in [-0.05, 0) is 30.3 Å². The molecule has 24 heavy (non-hydrogen) atoms. The Balaban J connectivity index is 2.16. The minimum absolute atomic E-state index is 0.0881. The number of phenolic OH excluding ortho intramolecular Hbond substituents is 1. The van der Waals surface area contributed by atoms with Crippen LogP contribution in [0.4, 0.5) is 0 Å². The summed E-state index contributed by atoms with van der Waals surface area (Å²) in [6.45, 7) is 0. The number of nitrogens with one attached hydrogen (secondary N) is 1. The lowest BCUT2D eigenvalue weighted by Crippen LogP contribution is -2.17. The van der Waals surface area contributed by atoms with Gasteiger partial charge in [-0.25, -0.2) is 5.43 Å². The number of ether oxygens (including phenoxy) is 3. The zero-order valence-electron chi connectivity index (χ0n) is 13.6. The van der Waals surface area contributed by atoms with Gasteiger partial charge in [-0.1, -0.05) is 0 Å². The second-order valence-corrected chi connectivity index (χ2v) is 4.70. The fourth-order valence-electron chi connectivity index (χ4n) is 1.99. The second-order valence-electron chi connectivity index (χ2n) is 4.70. The predicted molar refractivity (Wildman–Crippen MR) is 89.3 cm³/mol. The lowest BCUT2D eigenvalue weighted by atomic mass is 10.2. The maximum absolute atomic E-state index is 11.9. The predicted octanol–water partition coefficient (Wildman–Crippen LogP) is 2.18. The third-order valence-electron chi connectivity index (χ3n) is 3.24. The molecule has 2 N–H and O–H groups in total. The van der Waals surface area contributed by atoms with E-state index in [1.165, 1.54) is 51.8 Å². The van der Waals surface area contributed by atoms with Gasteiger partial charge in [-0.2, -0.15) is 5.10 Å². The van der Waals surface area contributed by atoms with Gasteiger partial charge in [0.25, 0.3) is 5.91 Å². The zero-order valence-corrected chi connectivity index (χ0v) is 13.6. The maximum atomic E-state index is 11.9. The number of methoxy groups -OCH3 is 3. The summed E-state index contributed by atoms with van der Waals surface area (Å²) in [6, 6.07) is 9.20. The Morgan fingerprint density at radius 3 is 2.17 bits per heavy atom. The fourth-order valence-corrected chi connectivity index (χ4v) is 1.99. The van der Waals surface area contributed by atoms with Crippen LogP contribution in [0, 0.1) is 0 Å². The van der Waals surface area contributed by atoms with Crippen molar-refractivity contribution in [2.24, 2.45) is 5.10 Å². The monoisotopic (exact) mass is 330 g/mol. The van der Waals surface area contributed by atoms with Crippen LogP contribution in [0.3, 0.4) is 0 Å². The SMILES string of the molecule is COc1cc(OC)c(OC)cc1C=NNC(=O)c1ccc(O)cc1. The second kappa shape index (κ2) is 7.87. The first kappa shape index (κ1) is 17.1. The van der Waals surface area contributed by atoms with Crippen LogP contribution in [-0.2, 0) is 0 Å². The summed E-state index contributed by atoms with van der Waals surface area (Å²) in [7, 11) is 4.58. The molecule has 0 aliphatic rings. The van der Waals surface area contributed by atoms with E-state index >= 15 is 0 Å². The van der Waals surface area contributed by atoms with E-state index in [4.69, 9.17) is 14.2 Å². The average molecular weight is 330 g/mol. The molecule has 0 heterocycles. The van der Waals surface area contributed by atoms with E-state index in [1.807, 2.05) is 0 Å². The molecule has 0 atom stereocenters. The fraction of sp³-hybridized carbons (Fsp3) is 0.176. The summed E-state index contributed by atoms with van der Waals surface area (Å²) in [5, 5.41) is 13.1. The van der Waals surface area contributed by atoms with Crippen LogP contribution in [-0.4, -0.2) is 38.6 Å². The first-order valence-electron chi connectivity index (χ1n) is 7.01. The number of hydrogen-bond acceptors (Lipinski definition) is 6. The molecule has 0 spiro atoms.